The van der Waals surface area contributed by atoms with E-state index in [9.17, 15) is 15.2 Å². The summed E-state index contributed by atoms with van der Waals surface area (Å²) >= 11 is 0. The first-order chi connectivity index (χ1) is 9.56. The fraction of sp³-hybridized carbons (Fsp3) is 0.133. The molecule has 0 bridgehead atoms. The molecule has 3 aromatic rings. The molecule has 98 valence electrons. The van der Waals surface area contributed by atoms with Crippen LogP contribution in [0.25, 0.3) is 16.4 Å². The Hall–Kier alpha value is -2.87. The molecule has 5 heteroatoms. The van der Waals surface area contributed by atoms with Gasteiger partial charge in [-0.25, -0.2) is 9.78 Å². The summed E-state index contributed by atoms with van der Waals surface area (Å²) in [6, 6.07) is 9.57. The second-order valence-corrected chi connectivity index (χ2v) is 4.63. The highest BCUT2D eigenvalue weighted by Gasteiger charge is 2.21. The van der Waals surface area contributed by atoms with Crippen LogP contribution in [0.3, 0.4) is 0 Å². The Morgan fingerprint density at radius 2 is 1.95 bits per heavy atom. The van der Waals surface area contributed by atoms with Crippen LogP contribution in [0.5, 0.6) is 0 Å². The second-order valence-electron chi connectivity index (χ2n) is 4.63. The van der Waals surface area contributed by atoms with Crippen molar-refractivity contribution in [1.82, 2.24) is 9.38 Å². The maximum atomic E-state index is 11.4. The van der Waals surface area contributed by atoms with E-state index in [1.54, 1.807) is 18.2 Å². The number of carboxylic acids is 1. The number of aromatic nitrogens is 2. The summed E-state index contributed by atoms with van der Waals surface area (Å²) in [7, 11) is 0. The van der Waals surface area contributed by atoms with Crippen LogP contribution in [0.15, 0.2) is 24.3 Å². The van der Waals surface area contributed by atoms with Crippen molar-refractivity contribution in [1.29, 1.82) is 5.26 Å². The maximum Gasteiger partial charge on any atom is 0.354 e. The lowest BCUT2D eigenvalue weighted by Crippen LogP contribution is -2.07. The topological polar surface area (TPSA) is 78.4 Å². The van der Waals surface area contributed by atoms with Crippen LogP contribution >= 0.6 is 0 Å². The molecule has 0 atom stereocenters. The summed E-state index contributed by atoms with van der Waals surface area (Å²) in [6.07, 6.45) is 0. The van der Waals surface area contributed by atoms with E-state index < -0.39 is 5.97 Å². The standard InChI is InChI=1S/C15H11N3O2/c1-8-13(15(19)20)18-9(2)12(7-16)10-5-3-4-6-11(10)14(18)17-8/h3-6H,1-2H3,(H,19,20). The molecule has 0 spiro atoms. The minimum absolute atomic E-state index is 0.111. The van der Waals surface area contributed by atoms with Crippen molar-refractivity contribution in [3.63, 3.8) is 0 Å². The normalized spacial score (nSPS) is 10.8. The Labute approximate surface area is 114 Å². The Morgan fingerprint density at radius 1 is 1.30 bits per heavy atom. The first kappa shape index (κ1) is 12.2. The van der Waals surface area contributed by atoms with Crippen molar-refractivity contribution in [3.05, 3.63) is 46.9 Å². The van der Waals surface area contributed by atoms with Crippen molar-refractivity contribution in [2.45, 2.75) is 13.8 Å². The summed E-state index contributed by atoms with van der Waals surface area (Å²) in [5.74, 6) is -1.04. The summed E-state index contributed by atoms with van der Waals surface area (Å²) in [5, 5.41) is 20.3. The highest BCUT2D eigenvalue weighted by molar-refractivity contribution is 6.00. The number of hydrogen-bond donors (Lipinski definition) is 1. The molecule has 0 unspecified atom stereocenters. The van der Waals surface area contributed by atoms with Gasteiger partial charge < -0.3 is 5.11 Å². The van der Waals surface area contributed by atoms with E-state index in [1.165, 1.54) is 0 Å². The van der Waals surface area contributed by atoms with Gasteiger partial charge >= 0.3 is 5.97 Å². The van der Waals surface area contributed by atoms with Crippen molar-refractivity contribution >= 4 is 22.4 Å². The number of carboxylic acid groups (broad SMARTS) is 1. The van der Waals surface area contributed by atoms with Crippen LogP contribution in [0.4, 0.5) is 0 Å². The van der Waals surface area contributed by atoms with Crippen molar-refractivity contribution in [2.24, 2.45) is 0 Å². The summed E-state index contributed by atoms with van der Waals surface area (Å²) in [6.45, 7) is 3.41. The molecule has 0 aliphatic carbocycles. The van der Waals surface area contributed by atoms with Crippen molar-refractivity contribution in [3.8, 4) is 6.07 Å². The van der Waals surface area contributed by atoms with Gasteiger partial charge in [-0.3, -0.25) is 4.40 Å². The van der Waals surface area contributed by atoms with Gasteiger partial charge in [0, 0.05) is 16.5 Å². The predicted molar refractivity (Wildman–Crippen MR) is 73.8 cm³/mol. The molecular weight excluding hydrogens is 254 g/mol. The van der Waals surface area contributed by atoms with E-state index in [0.717, 1.165) is 10.8 Å². The molecule has 20 heavy (non-hydrogen) atoms. The molecule has 0 saturated heterocycles. The lowest BCUT2D eigenvalue weighted by molar-refractivity contribution is 0.0688. The number of benzene rings is 1. The first-order valence-electron chi connectivity index (χ1n) is 6.10. The van der Waals surface area contributed by atoms with Gasteiger partial charge in [0.1, 0.15) is 11.7 Å². The highest BCUT2D eigenvalue weighted by atomic mass is 16.4. The SMILES string of the molecule is Cc1nc2c3ccccc3c(C#N)c(C)n2c1C(=O)O. The number of imidazole rings is 1. The third kappa shape index (κ3) is 1.42. The van der Waals surface area contributed by atoms with E-state index in [0.29, 0.717) is 22.6 Å². The van der Waals surface area contributed by atoms with Gasteiger partial charge in [0.25, 0.3) is 0 Å². The first-order valence-corrected chi connectivity index (χ1v) is 6.10. The highest BCUT2D eigenvalue weighted by Crippen LogP contribution is 2.28. The van der Waals surface area contributed by atoms with E-state index in [1.807, 2.05) is 24.3 Å². The van der Waals surface area contributed by atoms with Crippen LogP contribution in [0, 0.1) is 25.2 Å². The molecule has 1 aromatic carbocycles. The third-order valence-corrected chi connectivity index (χ3v) is 3.50. The van der Waals surface area contributed by atoms with Crippen molar-refractivity contribution in [2.75, 3.05) is 0 Å². The monoisotopic (exact) mass is 265 g/mol. The van der Waals surface area contributed by atoms with E-state index in [-0.39, 0.29) is 5.69 Å². The number of carbonyl (C=O) groups is 1. The van der Waals surface area contributed by atoms with Crippen LogP contribution in [-0.4, -0.2) is 20.5 Å². The largest absolute Gasteiger partial charge is 0.477 e. The van der Waals surface area contributed by atoms with Gasteiger partial charge in [0.2, 0.25) is 0 Å². The van der Waals surface area contributed by atoms with Gasteiger partial charge in [-0.15, -0.1) is 0 Å². The van der Waals surface area contributed by atoms with Gasteiger partial charge in [-0.2, -0.15) is 5.26 Å². The lowest BCUT2D eigenvalue weighted by atomic mass is 10.0. The molecule has 0 aliphatic heterocycles. The quantitative estimate of drug-likeness (QED) is 0.733. The predicted octanol–water partition coefficient (Wildman–Crippen LogP) is 2.67. The minimum atomic E-state index is -1.04. The van der Waals surface area contributed by atoms with E-state index >= 15 is 0 Å². The van der Waals surface area contributed by atoms with Gasteiger partial charge in [-0.1, -0.05) is 24.3 Å². The van der Waals surface area contributed by atoms with Crippen LogP contribution in [0.2, 0.25) is 0 Å². The Bertz CT molecular complexity index is 916. The Kier molecular flexibility index (Phi) is 2.48. The fourth-order valence-electron chi connectivity index (χ4n) is 2.63. The molecule has 0 amide bonds. The maximum absolute atomic E-state index is 11.4. The lowest BCUT2D eigenvalue weighted by Gasteiger charge is -2.09. The third-order valence-electron chi connectivity index (χ3n) is 3.50. The fourth-order valence-corrected chi connectivity index (χ4v) is 2.63. The number of aryl methyl sites for hydroxylation is 2. The number of pyridine rings is 1. The number of aromatic carboxylic acids is 1. The number of hydrogen-bond acceptors (Lipinski definition) is 3. The molecule has 1 N–H and O–H groups in total. The molecular formula is C15H11N3O2. The zero-order valence-corrected chi connectivity index (χ0v) is 11.0. The Morgan fingerprint density at radius 3 is 2.55 bits per heavy atom. The molecule has 5 nitrogen and oxygen atoms in total. The van der Waals surface area contributed by atoms with Crippen LogP contribution < -0.4 is 0 Å². The Balaban J connectivity index is 2.69. The average molecular weight is 265 g/mol. The zero-order chi connectivity index (χ0) is 14.4. The number of nitrogens with zero attached hydrogens (tertiary/aromatic N) is 3. The number of nitriles is 1. The number of fused-ring (bicyclic) bond motifs is 3. The molecule has 0 fully saturated rings. The summed E-state index contributed by atoms with van der Waals surface area (Å²) in [5.41, 5.74) is 2.21. The minimum Gasteiger partial charge on any atom is -0.477 e. The smallest absolute Gasteiger partial charge is 0.354 e. The molecule has 3 rings (SSSR count). The molecule has 2 aromatic heterocycles. The van der Waals surface area contributed by atoms with Gasteiger partial charge in [0.15, 0.2) is 5.69 Å². The average Bonchev–Trinajstić information content (AvgIpc) is 2.77. The summed E-state index contributed by atoms with van der Waals surface area (Å²) < 4.78 is 1.55. The van der Waals surface area contributed by atoms with Gasteiger partial charge in [-0.05, 0) is 13.8 Å². The number of rotatable bonds is 1. The van der Waals surface area contributed by atoms with E-state index in [2.05, 4.69) is 11.1 Å². The van der Waals surface area contributed by atoms with Crippen LogP contribution in [-0.2, 0) is 0 Å². The molecule has 0 aliphatic rings. The van der Waals surface area contributed by atoms with Crippen LogP contribution in [0.1, 0.15) is 27.4 Å². The second kappa shape index (κ2) is 4.07. The van der Waals surface area contributed by atoms with Crippen molar-refractivity contribution < 1.29 is 9.90 Å². The van der Waals surface area contributed by atoms with Gasteiger partial charge in [0.05, 0.1) is 11.3 Å². The zero-order valence-electron chi connectivity index (χ0n) is 11.0. The molecule has 2 heterocycles. The molecule has 0 saturated carbocycles. The van der Waals surface area contributed by atoms with E-state index in [4.69, 9.17) is 0 Å². The summed E-state index contributed by atoms with van der Waals surface area (Å²) in [4.78, 5) is 15.8. The molecule has 0 radical (unpaired) electrons.